The van der Waals surface area contributed by atoms with Gasteiger partial charge in [-0.3, -0.25) is 4.79 Å². The second kappa shape index (κ2) is 5.10. The van der Waals surface area contributed by atoms with Crippen LogP contribution in [0.1, 0.15) is 39.4 Å². The van der Waals surface area contributed by atoms with E-state index in [1.165, 1.54) is 0 Å². The van der Waals surface area contributed by atoms with E-state index in [0.29, 0.717) is 0 Å². The number of aromatic nitrogens is 2. The molecule has 5 nitrogen and oxygen atoms in total. The highest BCUT2D eigenvalue weighted by Gasteiger charge is 2.23. The Labute approximate surface area is 107 Å². The fourth-order valence-corrected chi connectivity index (χ4v) is 2.26. The normalized spacial score (nSPS) is 24.6. The Morgan fingerprint density at radius 1 is 1.39 bits per heavy atom. The van der Waals surface area contributed by atoms with Crippen LogP contribution in [-0.2, 0) is 4.74 Å². The van der Waals surface area contributed by atoms with Gasteiger partial charge in [-0.05, 0) is 13.8 Å². The van der Waals surface area contributed by atoms with Crippen molar-refractivity contribution in [2.45, 2.75) is 45.8 Å². The first-order valence-electron chi connectivity index (χ1n) is 6.47. The van der Waals surface area contributed by atoms with Crippen LogP contribution in [0.2, 0.25) is 0 Å². The summed E-state index contributed by atoms with van der Waals surface area (Å²) < 4.78 is 5.69. The number of nitrogens with zero attached hydrogens (tertiary/aromatic N) is 2. The van der Waals surface area contributed by atoms with Crippen molar-refractivity contribution in [1.82, 2.24) is 9.97 Å². The number of anilines is 1. The Balaban J connectivity index is 2.29. The van der Waals surface area contributed by atoms with E-state index < -0.39 is 0 Å². The lowest BCUT2D eigenvalue weighted by molar-refractivity contribution is -0.00548. The first kappa shape index (κ1) is 13.1. The molecule has 1 aliphatic rings. The molecule has 2 unspecified atom stereocenters. The van der Waals surface area contributed by atoms with Crippen molar-refractivity contribution in [1.29, 1.82) is 0 Å². The minimum atomic E-state index is -0.0875. The van der Waals surface area contributed by atoms with Gasteiger partial charge in [0, 0.05) is 25.1 Å². The summed E-state index contributed by atoms with van der Waals surface area (Å²) in [6.45, 7) is 9.67. The highest BCUT2D eigenvalue weighted by molar-refractivity contribution is 5.38. The predicted molar refractivity (Wildman–Crippen MR) is 71.2 cm³/mol. The summed E-state index contributed by atoms with van der Waals surface area (Å²) in [5.74, 6) is 1.71. The van der Waals surface area contributed by atoms with Gasteiger partial charge in [0.25, 0.3) is 5.56 Å². The van der Waals surface area contributed by atoms with E-state index in [9.17, 15) is 4.79 Å². The molecule has 2 rings (SSSR count). The maximum Gasteiger partial charge on any atom is 0.252 e. The van der Waals surface area contributed by atoms with Gasteiger partial charge >= 0.3 is 0 Å². The van der Waals surface area contributed by atoms with Crippen molar-refractivity contribution >= 4 is 5.82 Å². The Morgan fingerprint density at radius 2 is 2.00 bits per heavy atom. The van der Waals surface area contributed by atoms with E-state index in [1.807, 2.05) is 27.7 Å². The maximum absolute atomic E-state index is 11.7. The molecular weight excluding hydrogens is 230 g/mol. The molecule has 100 valence electrons. The third kappa shape index (κ3) is 2.90. The van der Waals surface area contributed by atoms with Gasteiger partial charge in [-0.1, -0.05) is 13.8 Å². The number of morpholine rings is 1. The zero-order valence-electron chi connectivity index (χ0n) is 11.4. The predicted octanol–water partition coefficient (Wildman–Crippen LogP) is 1.51. The standard InChI is InChI=1S/C13H21N3O2/c1-8(2)13-14-11(5-12(17)15-13)16-6-9(3)18-10(4)7-16/h5,8-10H,6-7H2,1-4H3,(H,14,15,17). The molecule has 1 fully saturated rings. The number of nitrogens with one attached hydrogen (secondary N) is 1. The second-order valence-corrected chi connectivity index (χ2v) is 5.31. The number of ether oxygens (including phenoxy) is 1. The van der Waals surface area contributed by atoms with Gasteiger partial charge in [0.15, 0.2) is 0 Å². The van der Waals surface area contributed by atoms with Gasteiger partial charge in [0.05, 0.1) is 12.2 Å². The van der Waals surface area contributed by atoms with Crippen LogP contribution in [0.15, 0.2) is 10.9 Å². The molecule has 0 aliphatic carbocycles. The zero-order chi connectivity index (χ0) is 13.3. The number of hydrogen-bond acceptors (Lipinski definition) is 4. The summed E-state index contributed by atoms with van der Waals surface area (Å²) in [5, 5.41) is 0. The summed E-state index contributed by atoms with van der Waals surface area (Å²) >= 11 is 0. The van der Waals surface area contributed by atoms with E-state index in [0.717, 1.165) is 24.7 Å². The van der Waals surface area contributed by atoms with Crippen molar-refractivity contribution in [3.05, 3.63) is 22.2 Å². The minimum absolute atomic E-state index is 0.0875. The molecule has 0 amide bonds. The van der Waals surface area contributed by atoms with Crippen LogP contribution in [-0.4, -0.2) is 35.3 Å². The lowest BCUT2D eigenvalue weighted by Crippen LogP contribution is -2.46. The number of H-pyrrole nitrogens is 1. The van der Waals surface area contributed by atoms with E-state index in [2.05, 4.69) is 14.9 Å². The van der Waals surface area contributed by atoms with E-state index in [-0.39, 0.29) is 23.7 Å². The van der Waals surface area contributed by atoms with Crippen molar-refractivity contribution in [3.8, 4) is 0 Å². The van der Waals surface area contributed by atoms with Gasteiger partial charge in [-0.15, -0.1) is 0 Å². The summed E-state index contributed by atoms with van der Waals surface area (Å²) in [6.07, 6.45) is 0.328. The number of hydrogen-bond donors (Lipinski definition) is 1. The van der Waals surface area contributed by atoms with Crippen molar-refractivity contribution < 1.29 is 4.74 Å². The first-order chi connectivity index (χ1) is 8.45. The monoisotopic (exact) mass is 251 g/mol. The topological polar surface area (TPSA) is 58.2 Å². The summed E-state index contributed by atoms with van der Waals surface area (Å²) in [5.41, 5.74) is -0.0875. The Morgan fingerprint density at radius 3 is 2.56 bits per heavy atom. The zero-order valence-corrected chi connectivity index (χ0v) is 11.4. The molecule has 18 heavy (non-hydrogen) atoms. The molecule has 1 aromatic heterocycles. The maximum atomic E-state index is 11.7. The summed E-state index contributed by atoms with van der Waals surface area (Å²) in [7, 11) is 0. The highest BCUT2D eigenvalue weighted by Crippen LogP contribution is 2.18. The van der Waals surface area contributed by atoms with Crippen LogP contribution in [0.5, 0.6) is 0 Å². The molecule has 1 aliphatic heterocycles. The second-order valence-electron chi connectivity index (χ2n) is 5.31. The Kier molecular flexibility index (Phi) is 3.71. The third-order valence-electron chi connectivity index (χ3n) is 3.04. The smallest absolute Gasteiger partial charge is 0.252 e. The molecule has 0 saturated carbocycles. The van der Waals surface area contributed by atoms with Gasteiger partial charge in [0.1, 0.15) is 11.6 Å². The quantitative estimate of drug-likeness (QED) is 0.865. The third-order valence-corrected chi connectivity index (χ3v) is 3.04. The highest BCUT2D eigenvalue weighted by atomic mass is 16.5. The largest absolute Gasteiger partial charge is 0.372 e. The van der Waals surface area contributed by atoms with Gasteiger partial charge < -0.3 is 14.6 Å². The van der Waals surface area contributed by atoms with Crippen molar-refractivity contribution in [3.63, 3.8) is 0 Å². The molecule has 1 N–H and O–H groups in total. The minimum Gasteiger partial charge on any atom is -0.372 e. The lowest BCUT2D eigenvalue weighted by atomic mass is 10.2. The van der Waals surface area contributed by atoms with Gasteiger partial charge in [-0.2, -0.15) is 0 Å². The SMILES string of the molecule is CC1CN(c2cc(=O)[nH]c(C(C)C)n2)CC(C)O1. The van der Waals surface area contributed by atoms with Crippen LogP contribution in [0, 0.1) is 0 Å². The Bertz CT molecular complexity index is 460. The van der Waals surface area contributed by atoms with Gasteiger partial charge in [-0.25, -0.2) is 4.98 Å². The van der Waals surface area contributed by atoms with E-state index >= 15 is 0 Å². The summed E-state index contributed by atoms with van der Waals surface area (Å²) in [4.78, 5) is 21.1. The van der Waals surface area contributed by atoms with Crippen molar-refractivity contribution in [2.75, 3.05) is 18.0 Å². The van der Waals surface area contributed by atoms with Crippen LogP contribution < -0.4 is 10.5 Å². The molecule has 0 radical (unpaired) electrons. The van der Waals surface area contributed by atoms with Gasteiger partial charge in [0.2, 0.25) is 0 Å². The molecule has 5 heteroatoms. The molecule has 1 aromatic rings. The summed E-state index contributed by atoms with van der Waals surface area (Å²) in [6, 6.07) is 1.57. The fraction of sp³-hybridized carbons (Fsp3) is 0.692. The molecular formula is C13H21N3O2. The van der Waals surface area contributed by atoms with Crippen molar-refractivity contribution in [2.24, 2.45) is 0 Å². The lowest BCUT2D eigenvalue weighted by Gasteiger charge is -2.36. The molecule has 0 bridgehead atoms. The first-order valence-corrected chi connectivity index (χ1v) is 6.47. The average molecular weight is 251 g/mol. The Hall–Kier alpha value is -1.36. The molecule has 1 saturated heterocycles. The number of rotatable bonds is 2. The van der Waals surface area contributed by atoms with E-state index in [4.69, 9.17) is 4.74 Å². The van der Waals surface area contributed by atoms with Crippen LogP contribution in [0.4, 0.5) is 5.82 Å². The van der Waals surface area contributed by atoms with Crippen LogP contribution in [0.3, 0.4) is 0 Å². The molecule has 2 heterocycles. The number of aromatic amines is 1. The van der Waals surface area contributed by atoms with Crippen LogP contribution >= 0.6 is 0 Å². The fourth-order valence-electron chi connectivity index (χ4n) is 2.26. The van der Waals surface area contributed by atoms with E-state index in [1.54, 1.807) is 6.07 Å². The molecule has 0 spiro atoms. The van der Waals surface area contributed by atoms with Crippen LogP contribution in [0.25, 0.3) is 0 Å². The molecule has 0 aromatic carbocycles. The molecule has 2 atom stereocenters. The average Bonchev–Trinajstić information content (AvgIpc) is 2.26.